The van der Waals surface area contributed by atoms with Gasteiger partial charge in [-0.25, -0.2) is 15.0 Å². The minimum atomic E-state index is 0.201. The summed E-state index contributed by atoms with van der Waals surface area (Å²) in [7, 11) is 0. The number of benzene rings is 1. The van der Waals surface area contributed by atoms with Gasteiger partial charge in [0.2, 0.25) is 0 Å². The van der Waals surface area contributed by atoms with Gasteiger partial charge in [-0.05, 0) is 18.9 Å². The maximum Gasteiger partial charge on any atom is 0.197 e. The smallest absolute Gasteiger partial charge is 0.197 e. The first kappa shape index (κ1) is 12.8. The molecule has 0 saturated heterocycles. The predicted molar refractivity (Wildman–Crippen MR) is 79.6 cm³/mol. The molecule has 2 aromatic heterocycles. The van der Waals surface area contributed by atoms with Crippen molar-refractivity contribution < 1.29 is 0 Å². The monoisotopic (exact) mass is 266 g/mol. The molecule has 102 valence electrons. The predicted octanol–water partition coefficient (Wildman–Crippen LogP) is 3.39. The molecule has 0 fully saturated rings. The lowest BCUT2D eigenvalue weighted by Crippen LogP contribution is -2.07. The highest BCUT2D eigenvalue weighted by molar-refractivity contribution is 5.65. The van der Waals surface area contributed by atoms with Gasteiger partial charge in [-0.1, -0.05) is 43.7 Å². The Balaban J connectivity index is 2.05. The van der Waals surface area contributed by atoms with Gasteiger partial charge in [-0.2, -0.15) is 0 Å². The zero-order valence-corrected chi connectivity index (χ0v) is 11.8. The second kappa shape index (κ2) is 5.41. The van der Waals surface area contributed by atoms with Crippen molar-refractivity contribution in [1.29, 1.82) is 0 Å². The first-order chi connectivity index (χ1) is 9.79. The third-order valence-electron chi connectivity index (χ3n) is 3.54. The Morgan fingerprint density at radius 1 is 1.15 bits per heavy atom. The number of aryl methyl sites for hydroxylation is 1. The minimum absolute atomic E-state index is 0.201. The quantitative estimate of drug-likeness (QED) is 0.727. The summed E-state index contributed by atoms with van der Waals surface area (Å²) in [6.45, 7) is 4.31. The molecule has 0 radical (unpaired) electrons. The van der Waals surface area contributed by atoms with Gasteiger partial charge in [0.25, 0.3) is 0 Å². The van der Waals surface area contributed by atoms with Crippen molar-refractivity contribution in [3.63, 3.8) is 0 Å². The van der Waals surface area contributed by atoms with Gasteiger partial charge >= 0.3 is 0 Å². The summed E-state index contributed by atoms with van der Waals surface area (Å²) in [6.07, 6.45) is 5.69. The van der Waals surface area contributed by atoms with Crippen LogP contribution in [-0.4, -0.2) is 19.5 Å². The summed E-state index contributed by atoms with van der Waals surface area (Å²) < 4.78 is 2.09. The Morgan fingerprint density at radius 3 is 2.70 bits per heavy atom. The second-order valence-electron chi connectivity index (χ2n) is 5.00. The zero-order chi connectivity index (χ0) is 13.9. The number of imidazole rings is 1. The average molecular weight is 266 g/mol. The molecule has 0 aliphatic carbocycles. The Labute approximate surface area is 118 Å². The van der Waals surface area contributed by atoms with Crippen molar-refractivity contribution in [2.75, 3.05) is 0 Å². The fourth-order valence-corrected chi connectivity index (χ4v) is 2.40. The Hall–Kier alpha value is -2.23. The Kier molecular flexibility index (Phi) is 3.46. The summed E-state index contributed by atoms with van der Waals surface area (Å²) >= 11 is 0. The number of hydrogen-bond donors (Lipinski definition) is 0. The van der Waals surface area contributed by atoms with Gasteiger partial charge in [0.15, 0.2) is 11.3 Å². The highest BCUT2D eigenvalue weighted by Gasteiger charge is 2.13. The fraction of sp³-hybridized carbons (Fsp3) is 0.312. The molecule has 4 heteroatoms. The Morgan fingerprint density at radius 2 is 1.95 bits per heavy atom. The molecule has 4 nitrogen and oxygen atoms in total. The summed E-state index contributed by atoms with van der Waals surface area (Å²) in [6, 6.07) is 10.6. The van der Waals surface area contributed by atoms with Crippen LogP contribution in [0.4, 0.5) is 0 Å². The van der Waals surface area contributed by atoms with Crippen LogP contribution in [0.5, 0.6) is 0 Å². The Bertz CT molecular complexity index is 703. The lowest BCUT2D eigenvalue weighted by molar-refractivity contribution is 0.651. The molecule has 0 amide bonds. The second-order valence-corrected chi connectivity index (χ2v) is 5.00. The molecule has 0 saturated carbocycles. The summed E-state index contributed by atoms with van der Waals surface area (Å²) in [4.78, 5) is 13.5. The summed E-state index contributed by atoms with van der Waals surface area (Å²) in [5.74, 6) is 0. The highest BCUT2D eigenvalue weighted by atomic mass is 15.1. The van der Waals surface area contributed by atoms with Crippen LogP contribution in [0.2, 0.25) is 0 Å². The van der Waals surface area contributed by atoms with E-state index in [0.29, 0.717) is 5.65 Å². The van der Waals surface area contributed by atoms with Gasteiger partial charge in [-0.15, -0.1) is 0 Å². The molecule has 3 rings (SSSR count). The van der Waals surface area contributed by atoms with E-state index < -0.39 is 0 Å². The first-order valence-electron chi connectivity index (χ1n) is 7.03. The first-order valence-corrected chi connectivity index (χ1v) is 7.03. The number of nitrogens with zero attached hydrogens (tertiary/aromatic N) is 4. The molecule has 0 aliphatic rings. The van der Waals surface area contributed by atoms with Gasteiger partial charge in [0, 0.05) is 0 Å². The van der Waals surface area contributed by atoms with E-state index in [2.05, 4.69) is 52.6 Å². The molecule has 1 aromatic carbocycles. The largest absolute Gasteiger partial charge is 0.307 e. The number of aromatic nitrogens is 4. The van der Waals surface area contributed by atoms with Crippen LogP contribution in [0.15, 0.2) is 42.9 Å². The molecule has 0 N–H and O–H groups in total. The number of fused-ring (bicyclic) bond motifs is 1. The van der Waals surface area contributed by atoms with Crippen LogP contribution in [0.25, 0.3) is 11.3 Å². The van der Waals surface area contributed by atoms with Crippen molar-refractivity contribution in [2.24, 2.45) is 0 Å². The number of hydrogen-bond acceptors (Lipinski definition) is 3. The average Bonchev–Trinajstić information content (AvgIpc) is 2.91. The van der Waals surface area contributed by atoms with Crippen LogP contribution >= 0.6 is 0 Å². The third-order valence-corrected chi connectivity index (χ3v) is 3.54. The van der Waals surface area contributed by atoms with Crippen molar-refractivity contribution in [1.82, 2.24) is 19.5 Å². The van der Waals surface area contributed by atoms with E-state index in [0.717, 1.165) is 24.2 Å². The normalized spacial score (nSPS) is 12.7. The summed E-state index contributed by atoms with van der Waals surface area (Å²) in [5.41, 5.74) is 3.86. The van der Waals surface area contributed by atoms with Gasteiger partial charge in [0.1, 0.15) is 0 Å². The zero-order valence-electron chi connectivity index (χ0n) is 11.8. The molecule has 2 heterocycles. The third kappa shape index (κ3) is 2.29. The van der Waals surface area contributed by atoms with Gasteiger partial charge < -0.3 is 4.57 Å². The van der Waals surface area contributed by atoms with E-state index in [1.54, 1.807) is 0 Å². The summed E-state index contributed by atoms with van der Waals surface area (Å²) in [5, 5.41) is 0. The van der Waals surface area contributed by atoms with E-state index in [1.807, 2.05) is 18.6 Å². The van der Waals surface area contributed by atoms with E-state index in [4.69, 9.17) is 4.98 Å². The van der Waals surface area contributed by atoms with Gasteiger partial charge in [0.05, 0.1) is 24.3 Å². The van der Waals surface area contributed by atoms with Crippen LogP contribution in [-0.2, 0) is 6.42 Å². The van der Waals surface area contributed by atoms with Crippen molar-refractivity contribution >= 4 is 11.3 Å². The van der Waals surface area contributed by atoms with Crippen LogP contribution in [0, 0.1) is 0 Å². The fourth-order valence-electron chi connectivity index (χ4n) is 2.40. The van der Waals surface area contributed by atoms with E-state index in [-0.39, 0.29) is 6.04 Å². The lowest BCUT2D eigenvalue weighted by Gasteiger charge is -2.14. The maximum atomic E-state index is 4.71. The van der Waals surface area contributed by atoms with E-state index in [1.165, 1.54) is 5.56 Å². The molecule has 0 bridgehead atoms. The van der Waals surface area contributed by atoms with Crippen LogP contribution < -0.4 is 0 Å². The van der Waals surface area contributed by atoms with Crippen molar-refractivity contribution in [2.45, 2.75) is 32.7 Å². The SMILES string of the molecule is CCCc1cnc2ncn([C@@H](C)c3ccccc3)c2n1. The van der Waals surface area contributed by atoms with Crippen molar-refractivity contribution in [3.8, 4) is 0 Å². The van der Waals surface area contributed by atoms with Crippen LogP contribution in [0.1, 0.15) is 37.6 Å². The standard InChI is InChI=1S/C16H18N4/c1-3-7-14-10-17-15-16(19-14)20(11-18-15)12(2)13-8-5-4-6-9-13/h4-6,8-12H,3,7H2,1-2H3/t12-/m0/s1. The molecule has 20 heavy (non-hydrogen) atoms. The van der Waals surface area contributed by atoms with E-state index >= 15 is 0 Å². The van der Waals surface area contributed by atoms with Crippen molar-refractivity contribution in [3.05, 3.63) is 54.1 Å². The number of rotatable bonds is 4. The maximum absolute atomic E-state index is 4.71. The molecule has 0 unspecified atom stereocenters. The molecular weight excluding hydrogens is 248 g/mol. The van der Waals surface area contributed by atoms with Gasteiger partial charge in [-0.3, -0.25) is 0 Å². The van der Waals surface area contributed by atoms with Crippen LogP contribution in [0.3, 0.4) is 0 Å². The minimum Gasteiger partial charge on any atom is -0.307 e. The molecule has 0 spiro atoms. The molecular formula is C16H18N4. The molecule has 0 aliphatic heterocycles. The van der Waals surface area contributed by atoms with E-state index in [9.17, 15) is 0 Å². The topological polar surface area (TPSA) is 43.6 Å². The molecule has 1 atom stereocenters. The highest BCUT2D eigenvalue weighted by Crippen LogP contribution is 2.21. The molecule has 3 aromatic rings. The lowest BCUT2D eigenvalue weighted by atomic mass is 10.1.